The van der Waals surface area contributed by atoms with Crippen LogP contribution in [0.25, 0.3) is 0 Å². The molecule has 0 aliphatic rings. The Kier molecular flexibility index (Phi) is 3.33. The van der Waals surface area contributed by atoms with Crippen LogP contribution < -0.4 is 11.2 Å². The molecule has 19 heavy (non-hydrogen) atoms. The van der Waals surface area contributed by atoms with Crippen molar-refractivity contribution >= 4 is 11.9 Å². The maximum atomic E-state index is 11.5. The van der Waals surface area contributed by atoms with Crippen LogP contribution in [0.3, 0.4) is 0 Å². The highest BCUT2D eigenvalue weighted by Crippen LogP contribution is 2.21. The van der Waals surface area contributed by atoms with Crippen molar-refractivity contribution in [3.05, 3.63) is 55.7 Å². The van der Waals surface area contributed by atoms with Gasteiger partial charge in [-0.3, -0.25) is 19.8 Å². The van der Waals surface area contributed by atoms with Gasteiger partial charge >= 0.3 is 5.69 Å². The summed E-state index contributed by atoms with van der Waals surface area (Å²) in [6, 6.07) is 5.61. The van der Waals surface area contributed by atoms with Crippen molar-refractivity contribution in [2.75, 3.05) is 0 Å². The maximum absolute atomic E-state index is 11.5. The molecule has 0 fully saturated rings. The third-order valence-corrected chi connectivity index (χ3v) is 2.87. The Balaban J connectivity index is 2.47. The Morgan fingerprint density at radius 3 is 2.63 bits per heavy atom. The van der Waals surface area contributed by atoms with Gasteiger partial charge in [0.25, 0.3) is 5.56 Å². The molecular formula is C13H13N3O3. The molecule has 1 aromatic carbocycles. The molecule has 0 saturated carbocycles. The van der Waals surface area contributed by atoms with Crippen molar-refractivity contribution in [3.63, 3.8) is 0 Å². The summed E-state index contributed by atoms with van der Waals surface area (Å²) in [6.07, 6.45) is 1.23. The highest BCUT2D eigenvalue weighted by atomic mass is 16.3. The molecule has 0 aliphatic heterocycles. The van der Waals surface area contributed by atoms with Gasteiger partial charge in [0.1, 0.15) is 5.56 Å². The lowest BCUT2D eigenvalue weighted by atomic mass is 10.1. The first-order chi connectivity index (χ1) is 8.99. The number of hydrogen-bond donors (Lipinski definition) is 3. The third kappa shape index (κ3) is 2.62. The van der Waals surface area contributed by atoms with Gasteiger partial charge in [-0.2, -0.15) is 0 Å². The van der Waals surface area contributed by atoms with E-state index in [2.05, 4.69) is 9.98 Å². The molecule has 0 radical (unpaired) electrons. The lowest BCUT2D eigenvalue weighted by Gasteiger charge is -2.03. The Hall–Kier alpha value is -2.63. The molecule has 98 valence electrons. The first-order valence-electron chi connectivity index (χ1n) is 5.65. The number of nitrogens with zero attached hydrogens (tertiary/aromatic N) is 1. The molecule has 1 aromatic heterocycles. The molecule has 1 heterocycles. The molecule has 0 aliphatic carbocycles. The molecule has 0 bridgehead atoms. The van der Waals surface area contributed by atoms with Gasteiger partial charge in [0.15, 0.2) is 0 Å². The normalized spacial score (nSPS) is 11.1. The Bertz CT molecular complexity index is 756. The van der Waals surface area contributed by atoms with Crippen LogP contribution in [0.2, 0.25) is 0 Å². The number of benzene rings is 1. The SMILES string of the molecule is Cc1cccc(N=Cc2c(O)[nH]c(=O)[nH]c2=O)c1C. The minimum atomic E-state index is -0.758. The average Bonchev–Trinajstić information content (AvgIpc) is 2.33. The number of aryl methyl sites for hydroxylation is 1. The van der Waals surface area contributed by atoms with Crippen LogP contribution in [0.5, 0.6) is 5.88 Å². The number of aromatic nitrogens is 2. The van der Waals surface area contributed by atoms with Crippen molar-refractivity contribution < 1.29 is 5.11 Å². The molecule has 0 amide bonds. The van der Waals surface area contributed by atoms with E-state index in [1.165, 1.54) is 6.21 Å². The molecule has 2 rings (SSSR count). The molecule has 0 unspecified atom stereocenters. The van der Waals surface area contributed by atoms with E-state index < -0.39 is 17.1 Å². The summed E-state index contributed by atoms with van der Waals surface area (Å²) in [5, 5.41) is 9.51. The van der Waals surface area contributed by atoms with Gasteiger partial charge in [-0.1, -0.05) is 12.1 Å². The number of hydrogen-bond acceptors (Lipinski definition) is 4. The third-order valence-electron chi connectivity index (χ3n) is 2.87. The van der Waals surface area contributed by atoms with Gasteiger partial charge in [-0.25, -0.2) is 4.79 Å². The van der Waals surface area contributed by atoms with Crippen molar-refractivity contribution in [2.45, 2.75) is 13.8 Å². The zero-order valence-corrected chi connectivity index (χ0v) is 10.5. The molecule has 2 aromatic rings. The lowest BCUT2D eigenvalue weighted by Crippen LogP contribution is -2.24. The summed E-state index contributed by atoms with van der Waals surface area (Å²) < 4.78 is 0. The molecule has 0 saturated heterocycles. The zero-order valence-electron chi connectivity index (χ0n) is 10.5. The van der Waals surface area contributed by atoms with Crippen LogP contribution in [-0.4, -0.2) is 21.3 Å². The van der Waals surface area contributed by atoms with E-state index in [1.807, 2.05) is 31.0 Å². The van der Waals surface area contributed by atoms with E-state index in [-0.39, 0.29) is 5.56 Å². The second kappa shape index (κ2) is 4.93. The lowest BCUT2D eigenvalue weighted by molar-refractivity contribution is 0.447. The predicted octanol–water partition coefficient (Wildman–Crippen LogP) is 1.14. The van der Waals surface area contributed by atoms with E-state index in [1.54, 1.807) is 6.07 Å². The number of rotatable bonds is 2. The number of aliphatic imine (C=N–C) groups is 1. The van der Waals surface area contributed by atoms with Crippen molar-refractivity contribution in [1.82, 2.24) is 9.97 Å². The first kappa shape index (κ1) is 12.8. The minimum Gasteiger partial charge on any atom is -0.494 e. The summed E-state index contributed by atoms with van der Waals surface area (Å²) >= 11 is 0. The number of nitrogens with one attached hydrogen (secondary N) is 2. The van der Waals surface area contributed by atoms with Gasteiger partial charge in [0.05, 0.1) is 5.69 Å². The quantitative estimate of drug-likeness (QED) is 0.705. The van der Waals surface area contributed by atoms with Crippen LogP contribution in [0, 0.1) is 13.8 Å². The Morgan fingerprint density at radius 1 is 1.21 bits per heavy atom. The Morgan fingerprint density at radius 2 is 1.95 bits per heavy atom. The molecule has 0 spiro atoms. The van der Waals surface area contributed by atoms with Crippen molar-refractivity contribution in [3.8, 4) is 5.88 Å². The summed E-state index contributed by atoms with van der Waals surface area (Å²) in [5.74, 6) is -0.497. The van der Waals surface area contributed by atoms with Crippen LogP contribution in [-0.2, 0) is 0 Å². The van der Waals surface area contributed by atoms with Crippen LogP contribution in [0.1, 0.15) is 16.7 Å². The zero-order chi connectivity index (χ0) is 14.0. The predicted molar refractivity (Wildman–Crippen MR) is 72.5 cm³/mol. The number of aromatic hydroxyl groups is 1. The number of aromatic amines is 2. The molecule has 0 atom stereocenters. The fourth-order valence-electron chi connectivity index (χ4n) is 1.61. The van der Waals surface area contributed by atoms with Gasteiger partial charge < -0.3 is 5.11 Å². The first-order valence-corrected chi connectivity index (χ1v) is 5.65. The van der Waals surface area contributed by atoms with Crippen LogP contribution in [0.4, 0.5) is 5.69 Å². The summed E-state index contributed by atoms with van der Waals surface area (Å²) in [5.41, 5.74) is 1.24. The summed E-state index contributed by atoms with van der Waals surface area (Å²) in [6.45, 7) is 3.87. The summed E-state index contributed by atoms with van der Waals surface area (Å²) in [7, 11) is 0. The van der Waals surface area contributed by atoms with E-state index >= 15 is 0 Å². The fourth-order valence-corrected chi connectivity index (χ4v) is 1.61. The van der Waals surface area contributed by atoms with E-state index in [9.17, 15) is 14.7 Å². The standard InChI is InChI=1S/C13H13N3O3/c1-7-4-3-5-10(8(7)2)14-6-9-11(17)15-13(19)16-12(9)18/h3-6H,1-2H3,(H3,15,16,17,18,19). The van der Waals surface area contributed by atoms with Crippen molar-refractivity contribution in [2.24, 2.45) is 4.99 Å². The topological polar surface area (TPSA) is 98.3 Å². The Labute approximate surface area is 108 Å². The molecule has 6 heteroatoms. The van der Waals surface area contributed by atoms with Gasteiger partial charge in [-0.15, -0.1) is 0 Å². The van der Waals surface area contributed by atoms with E-state index in [0.717, 1.165) is 11.1 Å². The maximum Gasteiger partial charge on any atom is 0.328 e. The highest BCUT2D eigenvalue weighted by molar-refractivity contribution is 5.84. The van der Waals surface area contributed by atoms with Gasteiger partial charge in [-0.05, 0) is 31.0 Å². The second-order valence-electron chi connectivity index (χ2n) is 4.15. The van der Waals surface area contributed by atoms with Crippen molar-refractivity contribution in [1.29, 1.82) is 0 Å². The molecular weight excluding hydrogens is 246 g/mol. The highest BCUT2D eigenvalue weighted by Gasteiger charge is 2.06. The van der Waals surface area contributed by atoms with Gasteiger partial charge in [0, 0.05) is 6.21 Å². The van der Waals surface area contributed by atoms with E-state index in [0.29, 0.717) is 5.69 Å². The minimum absolute atomic E-state index is 0.0829. The van der Waals surface area contributed by atoms with E-state index in [4.69, 9.17) is 0 Å². The summed E-state index contributed by atoms with van der Waals surface area (Å²) in [4.78, 5) is 30.7. The van der Waals surface area contributed by atoms with Crippen LogP contribution >= 0.6 is 0 Å². The number of H-pyrrole nitrogens is 2. The monoisotopic (exact) mass is 259 g/mol. The smallest absolute Gasteiger partial charge is 0.328 e. The molecule has 3 N–H and O–H groups in total. The fraction of sp³-hybridized carbons (Fsp3) is 0.154. The average molecular weight is 259 g/mol. The van der Waals surface area contributed by atoms with Gasteiger partial charge in [0.2, 0.25) is 5.88 Å². The largest absolute Gasteiger partial charge is 0.494 e. The molecule has 6 nitrogen and oxygen atoms in total. The van der Waals surface area contributed by atoms with Crippen LogP contribution in [0.15, 0.2) is 32.8 Å². The second-order valence-corrected chi connectivity index (χ2v) is 4.15.